The van der Waals surface area contributed by atoms with Gasteiger partial charge in [-0.2, -0.15) is 0 Å². The molecule has 0 aromatic heterocycles. The van der Waals surface area contributed by atoms with Gasteiger partial charge in [0.2, 0.25) is 0 Å². The van der Waals surface area contributed by atoms with Gasteiger partial charge in [0, 0.05) is 67.9 Å². The van der Waals surface area contributed by atoms with Crippen LogP contribution in [-0.2, 0) is 32.1 Å². The van der Waals surface area contributed by atoms with Crippen molar-refractivity contribution in [1.82, 2.24) is 19.6 Å². The number of esters is 1. The summed E-state index contributed by atoms with van der Waals surface area (Å²) in [7, 11) is 1.38. The van der Waals surface area contributed by atoms with E-state index < -0.39 is 11.2 Å². The molecule has 2 amide bonds. The Morgan fingerprint density at radius 2 is 1.14 bits per heavy atom. The van der Waals surface area contributed by atoms with Gasteiger partial charge in [-0.15, -0.1) is 0 Å². The van der Waals surface area contributed by atoms with Crippen LogP contribution < -0.4 is 0 Å². The number of ether oxygens (including phenoxy) is 3. The number of rotatable bonds is 10. The topological polar surface area (TPSA) is 112 Å². The van der Waals surface area contributed by atoms with Gasteiger partial charge >= 0.3 is 18.2 Å². The van der Waals surface area contributed by atoms with E-state index in [0.29, 0.717) is 49.3 Å². The Kier molecular flexibility index (Phi) is 15.7. The van der Waals surface area contributed by atoms with Gasteiger partial charge in [0.15, 0.2) is 0 Å². The summed E-state index contributed by atoms with van der Waals surface area (Å²) in [6.07, 6.45) is 1.08. The molecular weight excluding hydrogens is 683 g/mol. The molecule has 2 heterocycles. The maximum atomic E-state index is 12.3. The second-order valence-corrected chi connectivity index (χ2v) is 15.5. The molecule has 2 aliphatic heterocycles. The molecule has 2 aromatic rings. The smallest absolute Gasteiger partial charge is 0.410 e. The molecule has 2 aliphatic rings. The van der Waals surface area contributed by atoms with Gasteiger partial charge in [0.05, 0.1) is 20.3 Å². The highest BCUT2D eigenvalue weighted by molar-refractivity contribution is 6.30. The highest BCUT2D eigenvalue weighted by atomic mass is 35.5. The van der Waals surface area contributed by atoms with E-state index in [9.17, 15) is 19.5 Å². The molecule has 1 N–H and O–H groups in total. The van der Waals surface area contributed by atoms with Gasteiger partial charge in [-0.05, 0) is 89.8 Å². The zero-order valence-corrected chi connectivity index (χ0v) is 32.0. The minimum atomic E-state index is -0.524. The lowest BCUT2D eigenvalue weighted by Crippen LogP contribution is -2.42. The lowest BCUT2D eigenvalue weighted by molar-refractivity contribution is -0.142. The summed E-state index contributed by atoms with van der Waals surface area (Å²) in [6.45, 7) is 15.8. The quantitative estimate of drug-likeness (QED) is 0.217. The van der Waals surface area contributed by atoms with Gasteiger partial charge in [0.1, 0.15) is 11.2 Å². The van der Waals surface area contributed by atoms with E-state index in [1.54, 1.807) is 9.80 Å². The molecule has 0 spiro atoms. The largest absolute Gasteiger partial charge is 0.468 e. The molecule has 2 atom stereocenters. The lowest BCUT2D eigenvalue weighted by Gasteiger charge is -2.29. The summed E-state index contributed by atoms with van der Waals surface area (Å²) in [5.41, 5.74) is 1.19. The normalized spacial score (nSPS) is 17.8. The fraction of sp³-hybridized carbons (Fsp3) is 0.595. The third kappa shape index (κ3) is 14.3. The number of halogens is 2. The first-order valence-corrected chi connectivity index (χ1v) is 17.8. The fourth-order valence-corrected chi connectivity index (χ4v) is 6.03. The Bertz CT molecular complexity index is 1380. The molecule has 2 aromatic carbocycles. The van der Waals surface area contributed by atoms with Crippen LogP contribution in [0.15, 0.2) is 48.5 Å². The molecule has 50 heavy (non-hydrogen) atoms. The minimum Gasteiger partial charge on any atom is -0.468 e. The predicted molar refractivity (Wildman–Crippen MR) is 195 cm³/mol. The van der Waals surface area contributed by atoms with E-state index in [4.69, 9.17) is 37.4 Å². The number of hydrogen-bond donors (Lipinski definition) is 1. The van der Waals surface area contributed by atoms with Crippen molar-refractivity contribution in [1.29, 1.82) is 0 Å². The molecule has 2 fully saturated rings. The van der Waals surface area contributed by atoms with Gasteiger partial charge in [0.25, 0.3) is 0 Å². The first-order valence-electron chi connectivity index (χ1n) is 17.1. The number of likely N-dealkylation sites (tertiary alicyclic amines) is 2. The van der Waals surface area contributed by atoms with E-state index >= 15 is 0 Å². The summed E-state index contributed by atoms with van der Waals surface area (Å²) in [4.78, 5) is 44.0. The van der Waals surface area contributed by atoms with Crippen LogP contribution in [0.3, 0.4) is 0 Å². The maximum absolute atomic E-state index is 12.3. The maximum Gasteiger partial charge on any atom is 0.410 e. The molecule has 0 saturated carbocycles. The van der Waals surface area contributed by atoms with Crippen molar-refractivity contribution in [3.05, 3.63) is 69.7 Å². The fourth-order valence-electron chi connectivity index (χ4n) is 5.78. The first kappa shape index (κ1) is 41.3. The molecule has 0 aliphatic carbocycles. The number of carbonyl (C=O) groups excluding carboxylic acids is 3. The number of aliphatic hydroxyl groups is 1. The Balaban J connectivity index is 0.000000271. The molecule has 4 rings (SSSR count). The molecule has 13 heteroatoms. The monoisotopic (exact) mass is 736 g/mol. The van der Waals surface area contributed by atoms with Crippen LogP contribution in [0.2, 0.25) is 10.0 Å². The van der Waals surface area contributed by atoms with Crippen molar-refractivity contribution in [2.75, 3.05) is 53.0 Å². The average molecular weight is 738 g/mol. The van der Waals surface area contributed by atoms with E-state index in [-0.39, 0.29) is 43.4 Å². The summed E-state index contributed by atoms with van der Waals surface area (Å²) in [5.74, 6) is -0.297. The highest BCUT2D eigenvalue weighted by Crippen LogP contribution is 2.23. The summed E-state index contributed by atoms with van der Waals surface area (Å²) >= 11 is 11.9. The van der Waals surface area contributed by atoms with Crippen LogP contribution in [0.4, 0.5) is 9.59 Å². The van der Waals surface area contributed by atoms with Crippen LogP contribution in [0, 0.1) is 0 Å². The second-order valence-electron chi connectivity index (χ2n) is 14.7. The van der Waals surface area contributed by atoms with Crippen molar-refractivity contribution in [2.24, 2.45) is 0 Å². The highest BCUT2D eigenvalue weighted by Gasteiger charge is 2.34. The van der Waals surface area contributed by atoms with Gasteiger partial charge in [-0.25, -0.2) is 9.59 Å². The van der Waals surface area contributed by atoms with Crippen LogP contribution >= 0.6 is 23.2 Å². The zero-order valence-electron chi connectivity index (χ0n) is 30.5. The standard InChI is InChI=1S/C19H27ClN2O4.C18H27ClN2O3/c1-19(2,3)26-18(24)21-10-9-16(12-21)22(13-17(23)25-4)11-14-5-7-15(20)8-6-14;1-18(2,3)24-17(23)21-9-8-16(13-21)20(10-11-22)12-14-4-6-15(19)7-5-14/h5-8,16H,9-13H2,1-4H3;4-7,16,22H,8-13H2,1-3H3. The molecule has 278 valence electrons. The molecule has 11 nitrogen and oxygen atoms in total. The van der Waals surface area contributed by atoms with Crippen molar-refractivity contribution in [3.63, 3.8) is 0 Å². The molecular formula is C37H54Cl2N4O7. The Morgan fingerprint density at radius 3 is 1.52 bits per heavy atom. The number of carbonyl (C=O) groups is 3. The van der Waals surface area contributed by atoms with Crippen LogP contribution in [0.5, 0.6) is 0 Å². The number of nitrogens with zero attached hydrogens (tertiary/aromatic N) is 4. The van der Waals surface area contributed by atoms with E-state index in [1.807, 2.05) is 95.0 Å². The number of methoxy groups -OCH3 is 1. The van der Waals surface area contributed by atoms with Crippen LogP contribution in [0.25, 0.3) is 0 Å². The van der Waals surface area contributed by atoms with Crippen molar-refractivity contribution in [3.8, 4) is 0 Å². The van der Waals surface area contributed by atoms with Crippen molar-refractivity contribution < 1.29 is 33.7 Å². The van der Waals surface area contributed by atoms with Gasteiger partial charge in [-0.1, -0.05) is 47.5 Å². The summed E-state index contributed by atoms with van der Waals surface area (Å²) in [6, 6.07) is 15.5. The van der Waals surface area contributed by atoms with E-state index in [0.717, 1.165) is 30.5 Å². The third-order valence-corrected chi connectivity index (χ3v) is 8.71. The number of amides is 2. The average Bonchev–Trinajstić information content (AvgIpc) is 3.73. The van der Waals surface area contributed by atoms with Crippen LogP contribution in [0.1, 0.15) is 65.5 Å². The van der Waals surface area contributed by atoms with Crippen molar-refractivity contribution >= 4 is 41.4 Å². The van der Waals surface area contributed by atoms with Crippen LogP contribution in [-0.4, -0.2) is 119 Å². The first-order chi connectivity index (χ1) is 23.5. The third-order valence-electron chi connectivity index (χ3n) is 8.21. The number of aliphatic hydroxyl groups excluding tert-OH is 1. The van der Waals surface area contributed by atoms with Gasteiger partial charge < -0.3 is 29.1 Å². The Morgan fingerprint density at radius 1 is 0.740 bits per heavy atom. The number of benzene rings is 2. The predicted octanol–water partition coefficient (Wildman–Crippen LogP) is 6.47. The van der Waals surface area contributed by atoms with Gasteiger partial charge in [-0.3, -0.25) is 14.6 Å². The Labute approximate surface area is 307 Å². The summed E-state index contributed by atoms with van der Waals surface area (Å²) in [5, 5.41) is 10.8. The Hall–Kier alpha value is -3.09. The minimum absolute atomic E-state index is 0.0669. The van der Waals surface area contributed by atoms with Crippen molar-refractivity contribution in [2.45, 2.75) is 90.8 Å². The zero-order chi connectivity index (χ0) is 37.1. The SMILES string of the molecule is CC(C)(C)OC(=O)N1CCC(N(CCO)Cc2ccc(Cl)cc2)C1.COC(=O)CN(Cc1ccc(Cl)cc1)C1CCN(C(=O)OC(C)(C)C)C1. The van der Waals surface area contributed by atoms with E-state index in [2.05, 4.69) is 4.90 Å². The number of hydrogen-bond acceptors (Lipinski definition) is 9. The lowest BCUT2D eigenvalue weighted by atomic mass is 10.1. The summed E-state index contributed by atoms with van der Waals surface area (Å²) < 4.78 is 15.7. The molecule has 2 unspecified atom stereocenters. The molecule has 2 saturated heterocycles. The molecule has 0 bridgehead atoms. The second kappa shape index (κ2) is 18.9. The molecule has 0 radical (unpaired) electrons. The van der Waals surface area contributed by atoms with E-state index in [1.165, 1.54) is 7.11 Å².